The van der Waals surface area contributed by atoms with Gasteiger partial charge in [0.25, 0.3) is 0 Å². The van der Waals surface area contributed by atoms with Crippen LogP contribution in [0.2, 0.25) is 0 Å². The molecule has 1 aliphatic rings. The fraction of sp³-hybridized carbons (Fsp3) is 0.538. The first-order valence-electron chi connectivity index (χ1n) is 5.81. The van der Waals surface area contributed by atoms with E-state index in [4.69, 9.17) is 4.74 Å². The largest absolute Gasteiger partial charge is 0.487 e. The van der Waals surface area contributed by atoms with E-state index in [-0.39, 0.29) is 17.7 Å². The van der Waals surface area contributed by atoms with Crippen LogP contribution in [-0.2, 0) is 0 Å². The van der Waals surface area contributed by atoms with Crippen molar-refractivity contribution in [3.63, 3.8) is 0 Å². The highest BCUT2D eigenvalue weighted by atomic mass is 19.1. The van der Waals surface area contributed by atoms with E-state index in [0.717, 1.165) is 25.7 Å². The highest BCUT2D eigenvalue weighted by Gasteiger charge is 2.18. The fourth-order valence-corrected chi connectivity index (χ4v) is 2.06. The van der Waals surface area contributed by atoms with Crippen molar-refractivity contribution in [2.45, 2.75) is 44.8 Å². The summed E-state index contributed by atoms with van der Waals surface area (Å²) in [4.78, 5) is 0. The van der Waals surface area contributed by atoms with Crippen LogP contribution < -0.4 is 4.74 Å². The maximum absolute atomic E-state index is 13.5. The van der Waals surface area contributed by atoms with Crippen LogP contribution in [0, 0.1) is 5.82 Å². The lowest BCUT2D eigenvalue weighted by atomic mass is 10.1. The van der Waals surface area contributed by atoms with Gasteiger partial charge in [-0.25, -0.2) is 4.39 Å². The molecule has 88 valence electrons. The van der Waals surface area contributed by atoms with Crippen LogP contribution in [0.25, 0.3) is 0 Å². The number of benzene rings is 1. The minimum Gasteiger partial charge on any atom is -0.487 e. The number of aliphatic hydroxyl groups excluding tert-OH is 1. The van der Waals surface area contributed by atoms with Crippen LogP contribution in [0.15, 0.2) is 18.2 Å². The van der Waals surface area contributed by atoms with Gasteiger partial charge in [-0.1, -0.05) is 6.07 Å². The third kappa shape index (κ3) is 2.53. The Kier molecular flexibility index (Phi) is 3.44. The van der Waals surface area contributed by atoms with Crippen LogP contribution in [0.3, 0.4) is 0 Å². The number of hydrogen-bond acceptors (Lipinski definition) is 2. The SMILES string of the molecule is C[C@@H](O)c1ccc(F)c(OC2CCCC2)c1. The minimum atomic E-state index is -0.591. The molecule has 16 heavy (non-hydrogen) atoms. The quantitative estimate of drug-likeness (QED) is 0.854. The van der Waals surface area contributed by atoms with E-state index in [1.54, 1.807) is 19.1 Å². The molecule has 0 amide bonds. The Morgan fingerprint density at radius 2 is 2.06 bits per heavy atom. The summed E-state index contributed by atoms with van der Waals surface area (Å²) in [5, 5.41) is 9.42. The summed E-state index contributed by atoms with van der Waals surface area (Å²) in [7, 11) is 0. The van der Waals surface area contributed by atoms with Gasteiger partial charge >= 0.3 is 0 Å². The highest BCUT2D eigenvalue weighted by molar-refractivity contribution is 5.31. The molecule has 0 aliphatic heterocycles. The molecular weight excluding hydrogens is 207 g/mol. The number of rotatable bonds is 3. The van der Waals surface area contributed by atoms with E-state index < -0.39 is 6.10 Å². The van der Waals surface area contributed by atoms with E-state index in [2.05, 4.69) is 0 Å². The zero-order valence-electron chi connectivity index (χ0n) is 9.45. The van der Waals surface area contributed by atoms with Gasteiger partial charge in [-0.15, -0.1) is 0 Å². The molecule has 1 fully saturated rings. The molecule has 0 radical (unpaired) electrons. The van der Waals surface area contributed by atoms with Gasteiger partial charge in [0.2, 0.25) is 0 Å². The first kappa shape index (κ1) is 11.4. The standard InChI is InChI=1S/C13H17FO2/c1-9(15)10-6-7-12(14)13(8-10)16-11-4-2-3-5-11/h6-9,11,15H,2-5H2,1H3/t9-/m1/s1. The molecule has 3 heteroatoms. The predicted molar refractivity (Wildman–Crippen MR) is 59.9 cm³/mol. The van der Waals surface area contributed by atoms with Crippen molar-refractivity contribution >= 4 is 0 Å². The van der Waals surface area contributed by atoms with Crippen LogP contribution in [0.4, 0.5) is 4.39 Å². The van der Waals surface area contributed by atoms with Crippen LogP contribution >= 0.6 is 0 Å². The number of ether oxygens (including phenoxy) is 1. The molecule has 1 aromatic rings. The van der Waals surface area contributed by atoms with Crippen molar-refractivity contribution in [1.29, 1.82) is 0 Å². The summed E-state index contributed by atoms with van der Waals surface area (Å²) in [5.41, 5.74) is 0.689. The van der Waals surface area contributed by atoms with Crippen molar-refractivity contribution in [3.05, 3.63) is 29.6 Å². The topological polar surface area (TPSA) is 29.5 Å². The second kappa shape index (κ2) is 4.83. The second-order valence-electron chi connectivity index (χ2n) is 4.39. The van der Waals surface area contributed by atoms with Gasteiger partial charge in [0, 0.05) is 0 Å². The Morgan fingerprint density at radius 1 is 1.38 bits per heavy atom. The van der Waals surface area contributed by atoms with E-state index in [0.29, 0.717) is 5.56 Å². The second-order valence-corrected chi connectivity index (χ2v) is 4.39. The zero-order chi connectivity index (χ0) is 11.5. The van der Waals surface area contributed by atoms with Gasteiger partial charge in [0.1, 0.15) is 0 Å². The fourth-order valence-electron chi connectivity index (χ4n) is 2.06. The Balaban J connectivity index is 2.14. The van der Waals surface area contributed by atoms with Crippen molar-refractivity contribution in [1.82, 2.24) is 0 Å². The van der Waals surface area contributed by atoms with Crippen molar-refractivity contribution in [2.75, 3.05) is 0 Å². The predicted octanol–water partition coefficient (Wildman–Crippen LogP) is 3.20. The summed E-state index contributed by atoms with van der Waals surface area (Å²) < 4.78 is 19.1. The average Bonchev–Trinajstić information content (AvgIpc) is 2.73. The average molecular weight is 224 g/mol. The van der Waals surface area contributed by atoms with Crippen molar-refractivity contribution in [2.24, 2.45) is 0 Å². The molecule has 2 nitrogen and oxygen atoms in total. The van der Waals surface area contributed by atoms with Gasteiger partial charge in [-0.05, 0) is 50.3 Å². The third-order valence-corrected chi connectivity index (χ3v) is 3.03. The molecule has 0 unspecified atom stereocenters. The molecule has 0 spiro atoms. The lowest BCUT2D eigenvalue weighted by Crippen LogP contribution is -2.12. The molecule has 0 saturated heterocycles. The number of aliphatic hydroxyl groups is 1. The lowest BCUT2D eigenvalue weighted by molar-refractivity contribution is 0.189. The zero-order valence-corrected chi connectivity index (χ0v) is 9.45. The summed E-state index contributed by atoms with van der Waals surface area (Å²) in [5.74, 6) is -0.0819. The molecular formula is C13H17FO2. The molecule has 0 heterocycles. The first-order chi connectivity index (χ1) is 7.66. The Labute approximate surface area is 95.1 Å². The Bertz CT molecular complexity index is 357. The summed E-state index contributed by atoms with van der Waals surface area (Å²) in [6.07, 6.45) is 3.85. The summed E-state index contributed by atoms with van der Waals surface area (Å²) in [6.45, 7) is 1.66. The third-order valence-electron chi connectivity index (χ3n) is 3.03. The van der Waals surface area contributed by atoms with Crippen molar-refractivity contribution < 1.29 is 14.2 Å². The monoisotopic (exact) mass is 224 g/mol. The summed E-state index contributed by atoms with van der Waals surface area (Å²) in [6, 6.07) is 4.53. The van der Waals surface area contributed by atoms with E-state index in [1.165, 1.54) is 6.07 Å². The van der Waals surface area contributed by atoms with Gasteiger partial charge in [0.05, 0.1) is 12.2 Å². The molecule has 1 aliphatic carbocycles. The molecule has 2 rings (SSSR count). The smallest absolute Gasteiger partial charge is 0.165 e. The molecule has 1 atom stereocenters. The number of hydrogen-bond donors (Lipinski definition) is 1. The van der Waals surface area contributed by atoms with E-state index >= 15 is 0 Å². The Hall–Kier alpha value is -1.09. The molecule has 0 bridgehead atoms. The first-order valence-corrected chi connectivity index (χ1v) is 5.81. The van der Waals surface area contributed by atoms with Gasteiger partial charge < -0.3 is 9.84 Å². The van der Waals surface area contributed by atoms with Crippen LogP contribution in [0.5, 0.6) is 5.75 Å². The van der Waals surface area contributed by atoms with E-state index in [9.17, 15) is 9.50 Å². The number of halogens is 1. The maximum Gasteiger partial charge on any atom is 0.165 e. The normalized spacial score (nSPS) is 18.7. The molecule has 0 aromatic heterocycles. The van der Waals surface area contributed by atoms with Crippen LogP contribution in [-0.4, -0.2) is 11.2 Å². The van der Waals surface area contributed by atoms with Gasteiger partial charge in [-0.3, -0.25) is 0 Å². The molecule has 1 aromatic carbocycles. The Morgan fingerprint density at radius 3 is 2.69 bits per heavy atom. The van der Waals surface area contributed by atoms with E-state index in [1.807, 2.05) is 0 Å². The summed E-state index contributed by atoms with van der Waals surface area (Å²) >= 11 is 0. The molecule has 1 saturated carbocycles. The van der Waals surface area contributed by atoms with Gasteiger partial charge in [0.15, 0.2) is 11.6 Å². The highest BCUT2D eigenvalue weighted by Crippen LogP contribution is 2.28. The van der Waals surface area contributed by atoms with Gasteiger partial charge in [-0.2, -0.15) is 0 Å². The minimum absolute atomic E-state index is 0.138. The maximum atomic E-state index is 13.5. The van der Waals surface area contributed by atoms with Crippen LogP contribution in [0.1, 0.15) is 44.3 Å². The lowest BCUT2D eigenvalue weighted by Gasteiger charge is -2.15. The molecule has 1 N–H and O–H groups in total. The van der Waals surface area contributed by atoms with Crippen molar-refractivity contribution in [3.8, 4) is 5.75 Å².